The average molecular weight is 335 g/mol. The first-order chi connectivity index (χ1) is 11.7. The lowest BCUT2D eigenvalue weighted by Gasteiger charge is -2.02. The molecule has 0 aliphatic carbocycles. The molecule has 4 nitrogen and oxygen atoms in total. The Hall–Kier alpha value is -2.85. The van der Waals surface area contributed by atoms with Crippen LogP contribution in [0.15, 0.2) is 72.9 Å². The van der Waals surface area contributed by atoms with Crippen molar-refractivity contribution in [1.29, 1.82) is 0 Å². The quantitative estimate of drug-likeness (QED) is 0.545. The largest absolute Gasteiger partial charge is 0.240 e. The predicted molar refractivity (Wildman–Crippen MR) is 95.9 cm³/mol. The van der Waals surface area contributed by atoms with Crippen LogP contribution in [0, 0.1) is 6.92 Å². The van der Waals surface area contributed by atoms with Gasteiger partial charge in [0, 0.05) is 6.20 Å². The minimum Gasteiger partial charge on any atom is -0.240 e. The van der Waals surface area contributed by atoms with Crippen molar-refractivity contribution in [2.24, 2.45) is 0 Å². The molecule has 2 aromatic carbocycles. The van der Waals surface area contributed by atoms with Crippen LogP contribution in [0.1, 0.15) is 5.69 Å². The van der Waals surface area contributed by atoms with E-state index in [4.69, 9.17) is 11.6 Å². The molecule has 2 aromatic heterocycles. The fourth-order valence-corrected chi connectivity index (χ4v) is 3.08. The summed E-state index contributed by atoms with van der Waals surface area (Å²) in [5.74, 6) is 0. The molecule has 0 N–H and O–H groups in total. The maximum Gasteiger partial charge on any atom is 0.142 e. The fraction of sp³-hybridized carbons (Fsp3) is 0.0526. The molecule has 0 saturated heterocycles. The number of aryl methyl sites for hydroxylation is 1. The lowest BCUT2D eigenvalue weighted by molar-refractivity contribution is 0.863. The number of nitrogens with zero attached hydrogens (tertiary/aromatic N) is 4. The van der Waals surface area contributed by atoms with Gasteiger partial charge in [0.1, 0.15) is 5.15 Å². The molecular weight excluding hydrogens is 320 g/mol. The van der Waals surface area contributed by atoms with Crippen LogP contribution in [-0.4, -0.2) is 19.6 Å². The number of aromatic nitrogens is 4. The topological polar surface area (TPSA) is 35.6 Å². The monoisotopic (exact) mass is 334 g/mol. The van der Waals surface area contributed by atoms with Crippen molar-refractivity contribution < 1.29 is 0 Å². The highest BCUT2D eigenvalue weighted by Gasteiger charge is 2.18. The van der Waals surface area contributed by atoms with E-state index in [9.17, 15) is 0 Å². The predicted octanol–water partition coefficient (Wildman–Crippen LogP) is 4.69. The molecule has 4 aromatic rings. The highest BCUT2D eigenvalue weighted by atomic mass is 35.5. The molecule has 0 aliphatic rings. The SMILES string of the molecule is Cc1nn(-c2ccccc2)c(Cl)c1-c1ccn(-c2ccccc2)n1. The minimum absolute atomic E-state index is 0.567. The smallest absolute Gasteiger partial charge is 0.142 e. The van der Waals surface area contributed by atoms with E-state index in [1.54, 1.807) is 4.68 Å². The summed E-state index contributed by atoms with van der Waals surface area (Å²) in [6, 6.07) is 21.8. The van der Waals surface area contributed by atoms with E-state index in [2.05, 4.69) is 10.2 Å². The summed E-state index contributed by atoms with van der Waals surface area (Å²) in [7, 11) is 0. The Morgan fingerprint density at radius 3 is 2.08 bits per heavy atom. The standard InChI is InChI=1S/C19H15ClN4/c1-14-18(19(20)24(21-14)16-10-6-3-7-11-16)17-12-13-23(22-17)15-8-4-2-5-9-15/h2-13H,1H3. The van der Waals surface area contributed by atoms with Crippen molar-refractivity contribution in [3.8, 4) is 22.6 Å². The molecule has 5 heteroatoms. The van der Waals surface area contributed by atoms with Crippen molar-refractivity contribution >= 4 is 11.6 Å². The molecule has 0 fully saturated rings. The lowest BCUT2D eigenvalue weighted by Crippen LogP contribution is -1.96. The molecule has 2 heterocycles. The second kappa shape index (κ2) is 5.98. The zero-order valence-electron chi connectivity index (χ0n) is 13.1. The van der Waals surface area contributed by atoms with Crippen molar-refractivity contribution in [2.75, 3.05) is 0 Å². The zero-order valence-corrected chi connectivity index (χ0v) is 13.9. The van der Waals surface area contributed by atoms with Crippen LogP contribution in [0.25, 0.3) is 22.6 Å². The number of halogens is 1. The minimum atomic E-state index is 0.567. The maximum absolute atomic E-state index is 6.61. The lowest BCUT2D eigenvalue weighted by atomic mass is 10.2. The van der Waals surface area contributed by atoms with E-state index in [1.165, 1.54) is 0 Å². The van der Waals surface area contributed by atoms with Crippen molar-refractivity contribution in [3.63, 3.8) is 0 Å². The molecule has 0 saturated carbocycles. The third kappa shape index (κ3) is 2.51. The van der Waals surface area contributed by atoms with Gasteiger partial charge in [0.15, 0.2) is 0 Å². The number of para-hydroxylation sites is 2. The third-order valence-corrected chi connectivity index (χ3v) is 4.22. The van der Waals surface area contributed by atoms with Crippen LogP contribution in [0.2, 0.25) is 5.15 Å². The van der Waals surface area contributed by atoms with E-state index in [0.29, 0.717) is 5.15 Å². The van der Waals surface area contributed by atoms with Crippen LogP contribution < -0.4 is 0 Å². The van der Waals surface area contributed by atoms with Gasteiger partial charge in [0.25, 0.3) is 0 Å². The van der Waals surface area contributed by atoms with Gasteiger partial charge in [0.2, 0.25) is 0 Å². The van der Waals surface area contributed by atoms with Gasteiger partial charge in [-0.05, 0) is 37.3 Å². The van der Waals surface area contributed by atoms with Crippen molar-refractivity contribution in [1.82, 2.24) is 19.6 Å². The Balaban J connectivity index is 1.78. The summed E-state index contributed by atoms with van der Waals surface area (Å²) in [5, 5.41) is 9.80. The molecular formula is C19H15ClN4. The van der Waals surface area contributed by atoms with Crippen LogP contribution in [0.4, 0.5) is 0 Å². The molecule has 0 aliphatic heterocycles. The number of hydrogen-bond donors (Lipinski definition) is 0. The van der Waals surface area contributed by atoms with Gasteiger partial charge in [-0.15, -0.1) is 0 Å². The van der Waals surface area contributed by atoms with Gasteiger partial charge >= 0.3 is 0 Å². The molecule has 0 spiro atoms. The van der Waals surface area contributed by atoms with E-state index in [1.807, 2.05) is 84.5 Å². The fourth-order valence-electron chi connectivity index (χ4n) is 2.71. The molecule has 0 atom stereocenters. The Morgan fingerprint density at radius 1 is 0.792 bits per heavy atom. The zero-order chi connectivity index (χ0) is 16.5. The maximum atomic E-state index is 6.61. The van der Waals surface area contributed by atoms with E-state index in [-0.39, 0.29) is 0 Å². The second-order valence-corrected chi connectivity index (χ2v) is 5.84. The Labute approximate surface area is 144 Å². The van der Waals surface area contributed by atoms with Gasteiger partial charge in [0.05, 0.1) is 28.3 Å². The normalized spacial score (nSPS) is 10.9. The van der Waals surface area contributed by atoms with Crippen LogP contribution >= 0.6 is 11.6 Å². The summed E-state index contributed by atoms with van der Waals surface area (Å²) in [5.41, 5.74) is 4.45. The molecule has 0 unspecified atom stereocenters. The molecule has 0 radical (unpaired) electrons. The van der Waals surface area contributed by atoms with Gasteiger partial charge < -0.3 is 0 Å². The van der Waals surface area contributed by atoms with Crippen LogP contribution in [0.3, 0.4) is 0 Å². The van der Waals surface area contributed by atoms with Crippen molar-refractivity contribution in [2.45, 2.75) is 6.92 Å². The molecule has 4 rings (SSSR count). The summed E-state index contributed by atoms with van der Waals surface area (Å²) >= 11 is 6.61. The Kier molecular flexibility index (Phi) is 3.67. The average Bonchev–Trinajstić information content (AvgIpc) is 3.21. The highest BCUT2D eigenvalue weighted by Crippen LogP contribution is 2.32. The Bertz CT molecular complexity index is 971. The molecule has 118 valence electrons. The van der Waals surface area contributed by atoms with Crippen molar-refractivity contribution in [3.05, 3.63) is 83.8 Å². The first-order valence-electron chi connectivity index (χ1n) is 7.66. The van der Waals surface area contributed by atoms with E-state index in [0.717, 1.165) is 28.3 Å². The Morgan fingerprint density at radius 2 is 1.42 bits per heavy atom. The molecule has 24 heavy (non-hydrogen) atoms. The second-order valence-electron chi connectivity index (χ2n) is 5.48. The van der Waals surface area contributed by atoms with Gasteiger partial charge in [-0.25, -0.2) is 9.36 Å². The number of benzene rings is 2. The number of hydrogen-bond acceptors (Lipinski definition) is 2. The van der Waals surface area contributed by atoms with Crippen LogP contribution in [0.5, 0.6) is 0 Å². The summed E-state index contributed by atoms with van der Waals surface area (Å²) in [4.78, 5) is 0. The summed E-state index contributed by atoms with van der Waals surface area (Å²) in [6.07, 6.45) is 1.93. The number of rotatable bonds is 3. The van der Waals surface area contributed by atoms with E-state index >= 15 is 0 Å². The van der Waals surface area contributed by atoms with Crippen LogP contribution in [-0.2, 0) is 0 Å². The molecule has 0 bridgehead atoms. The summed E-state index contributed by atoms with van der Waals surface area (Å²) < 4.78 is 3.58. The summed E-state index contributed by atoms with van der Waals surface area (Å²) in [6.45, 7) is 1.95. The molecule has 0 amide bonds. The first-order valence-corrected chi connectivity index (χ1v) is 8.04. The van der Waals surface area contributed by atoms with E-state index < -0.39 is 0 Å². The van der Waals surface area contributed by atoms with Gasteiger partial charge in [-0.2, -0.15) is 10.2 Å². The van der Waals surface area contributed by atoms with Gasteiger partial charge in [-0.3, -0.25) is 0 Å². The third-order valence-electron chi connectivity index (χ3n) is 3.87. The first kappa shape index (κ1) is 14.7. The highest BCUT2D eigenvalue weighted by molar-refractivity contribution is 6.32. The van der Waals surface area contributed by atoms with Gasteiger partial charge in [-0.1, -0.05) is 48.0 Å².